The molecule has 2 rings (SSSR count). The number of anilines is 1. The third-order valence-corrected chi connectivity index (χ3v) is 3.05. The van der Waals surface area contributed by atoms with Crippen molar-refractivity contribution in [1.82, 2.24) is 9.97 Å². The molecule has 1 aliphatic rings. The van der Waals surface area contributed by atoms with E-state index >= 15 is 0 Å². The molecule has 0 radical (unpaired) electrons. The number of nitrogens with zero attached hydrogens (tertiary/aromatic N) is 2. The number of esters is 1. The van der Waals surface area contributed by atoms with Crippen LogP contribution < -0.4 is 5.32 Å². The van der Waals surface area contributed by atoms with Crippen LogP contribution in [-0.4, -0.2) is 53.5 Å². The van der Waals surface area contributed by atoms with Crippen LogP contribution in [0.15, 0.2) is 12.3 Å². The molecule has 0 aliphatic carbocycles. The molecule has 0 saturated carbocycles. The first kappa shape index (κ1) is 13.7. The zero-order chi connectivity index (χ0) is 13.7. The van der Waals surface area contributed by atoms with E-state index in [1.807, 2.05) is 0 Å². The summed E-state index contributed by atoms with van der Waals surface area (Å²) >= 11 is 0. The van der Waals surface area contributed by atoms with Crippen molar-refractivity contribution >= 4 is 11.8 Å². The number of methoxy groups -OCH3 is 1. The van der Waals surface area contributed by atoms with Crippen molar-refractivity contribution in [3.8, 4) is 0 Å². The van der Waals surface area contributed by atoms with Gasteiger partial charge < -0.3 is 19.9 Å². The van der Waals surface area contributed by atoms with Crippen LogP contribution in [0.2, 0.25) is 0 Å². The third-order valence-electron chi connectivity index (χ3n) is 3.05. The maximum atomic E-state index is 11.3. The number of carbonyl (C=O) groups is 1. The van der Waals surface area contributed by atoms with Gasteiger partial charge in [-0.3, -0.25) is 0 Å². The lowest BCUT2D eigenvalue weighted by Crippen LogP contribution is -2.42. The van der Waals surface area contributed by atoms with E-state index in [2.05, 4.69) is 20.0 Å². The summed E-state index contributed by atoms with van der Waals surface area (Å²) < 4.78 is 9.76. The van der Waals surface area contributed by atoms with E-state index in [1.54, 1.807) is 6.07 Å². The van der Waals surface area contributed by atoms with Gasteiger partial charge in [-0.2, -0.15) is 0 Å². The molecule has 0 aromatic carbocycles. The van der Waals surface area contributed by atoms with E-state index in [0.717, 1.165) is 0 Å². The molecule has 2 heterocycles. The Morgan fingerprint density at radius 2 is 2.32 bits per heavy atom. The van der Waals surface area contributed by atoms with Crippen LogP contribution in [0.25, 0.3) is 0 Å². The van der Waals surface area contributed by atoms with E-state index in [0.29, 0.717) is 38.4 Å². The second-order valence-corrected chi connectivity index (χ2v) is 4.45. The minimum absolute atomic E-state index is 0.00790. The molecule has 0 atom stereocenters. The van der Waals surface area contributed by atoms with E-state index in [4.69, 9.17) is 4.74 Å². The fraction of sp³-hybridized carbons (Fsp3) is 0.583. The molecule has 7 heteroatoms. The fourth-order valence-electron chi connectivity index (χ4n) is 1.83. The fourth-order valence-corrected chi connectivity index (χ4v) is 1.83. The highest BCUT2D eigenvalue weighted by atomic mass is 16.5. The van der Waals surface area contributed by atoms with Crippen molar-refractivity contribution in [3.05, 3.63) is 18.1 Å². The Balaban J connectivity index is 1.97. The zero-order valence-electron chi connectivity index (χ0n) is 10.8. The number of nitrogens with one attached hydrogen (secondary N) is 1. The van der Waals surface area contributed by atoms with Gasteiger partial charge in [-0.25, -0.2) is 14.8 Å². The number of hydrogen-bond acceptors (Lipinski definition) is 7. The first-order valence-corrected chi connectivity index (χ1v) is 6.08. The molecule has 104 valence electrons. The van der Waals surface area contributed by atoms with Crippen molar-refractivity contribution in [2.75, 3.05) is 32.2 Å². The van der Waals surface area contributed by atoms with Gasteiger partial charge in [-0.15, -0.1) is 0 Å². The van der Waals surface area contributed by atoms with E-state index in [9.17, 15) is 9.90 Å². The quantitative estimate of drug-likeness (QED) is 0.753. The molecular formula is C12H17N3O4. The summed E-state index contributed by atoms with van der Waals surface area (Å²) in [5, 5.41) is 13.3. The van der Waals surface area contributed by atoms with Crippen LogP contribution in [0.1, 0.15) is 23.5 Å². The average molecular weight is 267 g/mol. The first-order chi connectivity index (χ1) is 9.13. The maximum absolute atomic E-state index is 11.3. The number of aromatic nitrogens is 2. The molecule has 2 N–H and O–H groups in total. The van der Waals surface area contributed by atoms with Gasteiger partial charge in [0.25, 0.3) is 0 Å². The molecule has 19 heavy (non-hydrogen) atoms. The minimum atomic E-state index is -0.797. The second kappa shape index (κ2) is 5.94. The van der Waals surface area contributed by atoms with Crippen LogP contribution in [0.4, 0.5) is 5.82 Å². The highest BCUT2D eigenvalue weighted by Crippen LogP contribution is 2.20. The predicted molar refractivity (Wildman–Crippen MR) is 66.9 cm³/mol. The maximum Gasteiger partial charge on any atom is 0.376 e. The Morgan fingerprint density at radius 1 is 1.58 bits per heavy atom. The lowest BCUT2D eigenvalue weighted by molar-refractivity contribution is -0.0543. The number of aliphatic hydroxyl groups is 1. The van der Waals surface area contributed by atoms with Gasteiger partial charge in [-0.1, -0.05) is 0 Å². The van der Waals surface area contributed by atoms with Crippen molar-refractivity contribution in [2.24, 2.45) is 0 Å². The smallest absolute Gasteiger partial charge is 0.376 e. The number of ether oxygens (including phenoxy) is 2. The normalized spacial score (nSPS) is 17.8. The van der Waals surface area contributed by atoms with Gasteiger partial charge in [-0.05, 0) is 6.07 Å². The number of carbonyl (C=O) groups excluding carboxylic acids is 1. The molecule has 1 saturated heterocycles. The summed E-state index contributed by atoms with van der Waals surface area (Å²) in [4.78, 5) is 19.1. The molecule has 0 amide bonds. The highest BCUT2D eigenvalue weighted by Gasteiger charge is 2.29. The summed E-state index contributed by atoms with van der Waals surface area (Å²) in [5.41, 5.74) is -0.797. The molecule has 0 spiro atoms. The van der Waals surface area contributed by atoms with Crippen LogP contribution in [0, 0.1) is 0 Å². The van der Waals surface area contributed by atoms with Gasteiger partial charge in [0.2, 0.25) is 5.82 Å². The van der Waals surface area contributed by atoms with Gasteiger partial charge in [0.15, 0.2) is 0 Å². The van der Waals surface area contributed by atoms with Crippen molar-refractivity contribution in [2.45, 2.75) is 18.4 Å². The molecule has 0 bridgehead atoms. The van der Waals surface area contributed by atoms with Gasteiger partial charge in [0.1, 0.15) is 5.82 Å². The van der Waals surface area contributed by atoms with Crippen LogP contribution >= 0.6 is 0 Å². The average Bonchev–Trinajstić information content (AvgIpc) is 2.45. The monoisotopic (exact) mass is 267 g/mol. The van der Waals surface area contributed by atoms with Crippen molar-refractivity contribution in [1.29, 1.82) is 0 Å². The van der Waals surface area contributed by atoms with Crippen molar-refractivity contribution in [3.63, 3.8) is 0 Å². The van der Waals surface area contributed by atoms with Crippen molar-refractivity contribution < 1.29 is 19.4 Å². The molecule has 1 aromatic rings. The summed E-state index contributed by atoms with van der Waals surface area (Å²) in [5.74, 6) is -0.116. The summed E-state index contributed by atoms with van der Waals surface area (Å²) in [7, 11) is 1.27. The Labute approximate surface area is 111 Å². The Bertz CT molecular complexity index is 446. The highest BCUT2D eigenvalue weighted by molar-refractivity contribution is 5.85. The summed E-state index contributed by atoms with van der Waals surface area (Å²) in [6.07, 6.45) is 2.62. The van der Waals surface area contributed by atoms with Gasteiger partial charge in [0.05, 0.1) is 12.7 Å². The summed E-state index contributed by atoms with van der Waals surface area (Å²) in [6.45, 7) is 1.46. The first-order valence-electron chi connectivity index (χ1n) is 6.08. The van der Waals surface area contributed by atoms with Crippen LogP contribution in [0.5, 0.6) is 0 Å². The van der Waals surface area contributed by atoms with E-state index in [-0.39, 0.29) is 5.82 Å². The van der Waals surface area contributed by atoms with Gasteiger partial charge >= 0.3 is 5.97 Å². The lowest BCUT2D eigenvalue weighted by atomic mass is 9.94. The molecule has 1 aliphatic heterocycles. The van der Waals surface area contributed by atoms with Gasteiger partial charge in [0, 0.05) is 38.8 Å². The predicted octanol–water partition coefficient (Wildman–Crippen LogP) is 0.217. The SMILES string of the molecule is COC(=O)c1nccc(NCC2(O)CCOCC2)n1. The Morgan fingerprint density at radius 3 is 3.00 bits per heavy atom. The van der Waals surface area contributed by atoms with Crippen LogP contribution in [0.3, 0.4) is 0 Å². The molecule has 1 fully saturated rings. The Kier molecular flexibility index (Phi) is 4.28. The third kappa shape index (κ3) is 3.62. The standard InChI is InChI=1S/C12H17N3O4/c1-18-11(16)10-13-5-2-9(15-10)14-8-12(17)3-6-19-7-4-12/h2,5,17H,3-4,6-8H2,1H3,(H,13,14,15). The molecule has 0 unspecified atom stereocenters. The lowest BCUT2D eigenvalue weighted by Gasteiger charge is -2.32. The molecule has 7 nitrogen and oxygen atoms in total. The summed E-state index contributed by atoms with van der Waals surface area (Å²) in [6, 6.07) is 1.63. The topological polar surface area (TPSA) is 93.6 Å². The second-order valence-electron chi connectivity index (χ2n) is 4.45. The van der Waals surface area contributed by atoms with E-state index < -0.39 is 11.6 Å². The zero-order valence-corrected chi connectivity index (χ0v) is 10.8. The van der Waals surface area contributed by atoms with E-state index in [1.165, 1.54) is 13.3 Å². The largest absolute Gasteiger partial charge is 0.463 e. The number of rotatable bonds is 4. The minimum Gasteiger partial charge on any atom is -0.463 e. The molecule has 1 aromatic heterocycles. The molecular weight excluding hydrogens is 250 g/mol. The van der Waals surface area contributed by atoms with Crippen LogP contribution in [-0.2, 0) is 9.47 Å². The Hall–Kier alpha value is -1.73. The number of hydrogen-bond donors (Lipinski definition) is 2.